The first kappa shape index (κ1) is 23.0. The summed E-state index contributed by atoms with van der Waals surface area (Å²) in [6.07, 6.45) is 11.9. The van der Waals surface area contributed by atoms with Crippen LogP contribution in [0, 0.1) is 6.92 Å². The number of hydrogen-bond donors (Lipinski definition) is 0. The van der Waals surface area contributed by atoms with Crippen molar-refractivity contribution < 1.29 is 0 Å². The summed E-state index contributed by atoms with van der Waals surface area (Å²) < 4.78 is 0. The Kier molecular flexibility index (Phi) is 6.90. The lowest BCUT2D eigenvalue weighted by molar-refractivity contribution is 1.47. The van der Waals surface area contributed by atoms with Gasteiger partial charge in [0.05, 0.1) is 0 Å². The molecule has 34 heavy (non-hydrogen) atoms. The second-order valence-electron chi connectivity index (χ2n) is 8.34. The van der Waals surface area contributed by atoms with Crippen molar-refractivity contribution in [3.05, 3.63) is 139 Å². The molecule has 0 aliphatic carbocycles. The minimum absolute atomic E-state index is 1.10. The number of rotatable bonds is 7. The fourth-order valence-electron chi connectivity index (χ4n) is 4.71. The molecule has 0 N–H and O–H groups in total. The fourth-order valence-corrected chi connectivity index (χ4v) is 4.71. The van der Waals surface area contributed by atoms with Gasteiger partial charge < -0.3 is 0 Å². The summed E-state index contributed by atoms with van der Waals surface area (Å²) in [5, 5.41) is 2.43. The van der Waals surface area contributed by atoms with Gasteiger partial charge in [-0.15, -0.1) is 0 Å². The second kappa shape index (κ2) is 10.2. The Hall–Kier alpha value is -4.16. The molecule has 0 radical (unpaired) electrons. The summed E-state index contributed by atoms with van der Waals surface area (Å²) in [6.45, 7) is 16.4. The van der Waals surface area contributed by atoms with Crippen LogP contribution in [0.15, 0.2) is 117 Å². The standard InChI is InChI=1S/C34H30/c1-6-13-25(14-7-2)26-19-21-27(22-20-26)33-29(8-3)30(9-4)34(28-16-12-15-24(5)23-28)32-18-11-10-17-31(32)33/h6-23H,1,3-4H2,2,5H3/b14-7-,25-13+. The van der Waals surface area contributed by atoms with E-state index in [1.165, 1.54) is 33.0 Å². The number of aryl methyl sites for hydroxylation is 1. The number of fused-ring (bicyclic) bond motifs is 1. The molecule has 166 valence electrons. The first-order chi connectivity index (χ1) is 16.6. The van der Waals surface area contributed by atoms with Crippen LogP contribution in [-0.4, -0.2) is 0 Å². The minimum atomic E-state index is 1.10. The third-order valence-electron chi connectivity index (χ3n) is 6.16. The van der Waals surface area contributed by atoms with Crippen molar-refractivity contribution >= 4 is 28.5 Å². The number of benzene rings is 4. The lowest BCUT2D eigenvalue weighted by atomic mass is 9.83. The molecule has 4 aromatic rings. The van der Waals surface area contributed by atoms with Crippen molar-refractivity contribution in [2.75, 3.05) is 0 Å². The number of allylic oxidation sites excluding steroid dienone is 5. The maximum Gasteiger partial charge on any atom is -0.00265 e. The van der Waals surface area contributed by atoms with Gasteiger partial charge in [0.15, 0.2) is 0 Å². The molecule has 0 saturated heterocycles. The first-order valence-corrected chi connectivity index (χ1v) is 11.6. The molecule has 0 saturated carbocycles. The van der Waals surface area contributed by atoms with Gasteiger partial charge in [-0.25, -0.2) is 0 Å². The van der Waals surface area contributed by atoms with Gasteiger partial charge in [0, 0.05) is 0 Å². The van der Waals surface area contributed by atoms with Crippen LogP contribution in [0.5, 0.6) is 0 Å². The molecule has 0 nitrogen and oxygen atoms in total. The lowest BCUT2D eigenvalue weighted by Gasteiger charge is -2.20. The molecule has 0 spiro atoms. The van der Waals surface area contributed by atoms with Crippen LogP contribution in [-0.2, 0) is 0 Å². The average Bonchev–Trinajstić information content (AvgIpc) is 2.87. The van der Waals surface area contributed by atoms with E-state index in [2.05, 4.69) is 106 Å². The molecule has 4 rings (SSSR count). The van der Waals surface area contributed by atoms with Crippen LogP contribution in [0.3, 0.4) is 0 Å². The van der Waals surface area contributed by atoms with Gasteiger partial charge >= 0.3 is 0 Å². The maximum atomic E-state index is 4.20. The highest BCUT2D eigenvalue weighted by Gasteiger charge is 2.18. The predicted octanol–water partition coefficient (Wildman–Crippen LogP) is 9.91. The number of hydrogen-bond acceptors (Lipinski definition) is 0. The Labute approximate surface area is 203 Å². The fraction of sp³-hybridized carbons (Fsp3) is 0.0588. The summed E-state index contributed by atoms with van der Waals surface area (Å²) in [5.41, 5.74) is 10.5. The van der Waals surface area contributed by atoms with Crippen molar-refractivity contribution in [3.8, 4) is 22.3 Å². The van der Waals surface area contributed by atoms with Crippen LogP contribution in [0.4, 0.5) is 0 Å². The SMILES string of the molecule is C=C/C=C(\C=C/C)c1ccc(-c2c(C=C)c(C=C)c(-c3cccc(C)c3)c3ccccc23)cc1. The second-order valence-corrected chi connectivity index (χ2v) is 8.34. The molecular weight excluding hydrogens is 408 g/mol. The minimum Gasteiger partial charge on any atom is -0.0990 e. The summed E-state index contributed by atoms with van der Waals surface area (Å²) in [4.78, 5) is 0. The first-order valence-electron chi connectivity index (χ1n) is 11.6. The molecule has 0 aliphatic rings. The van der Waals surface area contributed by atoms with Crippen LogP contribution in [0.1, 0.15) is 29.2 Å². The predicted molar refractivity (Wildman–Crippen MR) is 153 cm³/mol. The molecule has 0 bridgehead atoms. The molecule has 0 aromatic heterocycles. The van der Waals surface area contributed by atoms with E-state index in [-0.39, 0.29) is 0 Å². The van der Waals surface area contributed by atoms with E-state index in [0.717, 1.165) is 27.8 Å². The largest absolute Gasteiger partial charge is 0.0990 e. The molecule has 0 heteroatoms. The van der Waals surface area contributed by atoms with Crippen molar-refractivity contribution in [1.29, 1.82) is 0 Å². The monoisotopic (exact) mass is 438 g/mol. The molecule has 0 atom stereocenters. The Morgan fingerprint density at radius 3 is 1.85 bits per heavy atom. The Morgan fingerprint density at radius 1 is 0.706 bits per heavy atom. The van der Waals surface area contributed by atoms with Gasteiger partial charge in [-0.05, 0) is 69.1 Å². The van der Waals surface area contributed by atoms with Gasteiger partial charge in [0.1, 0.15) is 0 Å². The third-order valence-corrected chi connectivity index (χ3v) is 6.16. The Bertz CT molecular complexity index is 1440. The van der Waals surface area contributed by atoms with Gasteiger partial charge in [-0.3, -0.25) is 0 Å². The average molecular weight is 439 g/mol. The summed E-state index contributed by atoms with van der Waals surface area (Å²) in [7, 11) is 0. The maximum absolute atomic E-state index is 4.20. The zero-order valence-corrected chi connectivity index (χ0v) is 20.0. The van der Waals surface area contributed by atoms with Crippen LogP contribution >= 0.6 is 0 Å². The van der Waals surface area contributed by atoms with E-state index < -0.39 is 0 Å². The smallest absolute Gasteiger partial charge is 0.00265 e. The van der Waals surface area contributed by atoms with Crippen LogP contribution in [0.25, 0.3) is 50.8 Å². The molecule has 0 amide bonds. The van der Waals surface area contributed by atoms with E-state index in [9.17, 15) is 0 Å². The molecular formula is C34H30. The van der Waals surface area contributed by atoms with Gasteiger partial charge in [-0.1, -0.05) is 135 Å². The molecule has 0 unspecified atom stereocenters. The Balaban J connectivity index is 2.03. The lowest BCUT2D eigenvalue weighted by Crippen LogP contribution is -1.96. The van der Waals surface area contributed by atoms with E-state index in [4.69, 9.17) is 0 Å². The van der Waals surface area contributed by atoms with Crippen molar-refractivity contribution in [1.82, 2.24) is 0 Å². The van der Waals surface area contributed by atoms with E-state index in [1.807, 2.05) is 37.3 Å². The molecule has 0 fully saturated rings. The van der Waals surface area contributed by atoms with Crippen molar-refractivity contribution in [3.63, 3.8) is 0 Å². The molecule has 4 aromatic carbocycles. The van der Waals surface area contributed by atoms with Gasteiger partial charge in [0.25, 0.3) is 0 Å². The molecule has 0 heterocycles. The van der Waals surface area contributed by atoms with E-state index in [1.54, 1.807) is 0 Å². The highest BCUT2D eigenvalue weighted by Crippen LogP contribution is 2.43. The van der Waals surface area contributed by atoms with E-state index in [0.29, 0.717) is 0 Å². The highest BCUT2D eigenvalue weighted by atomic mass is 14.2. The summed E-state index contributed by atoms with van der Waals surface area (Å²) >= 11 is 0. The third kappa shape index (κ3) is 4.23. The quantitative estimate of drug-likeness (QED) is 0.252. The van der Waals surface area contributed by atoms with Gasteiger partial charge in [-0.2, -0.15) is 0 Å². The molecule has 0 aliphatic heterocycles. The summed E-state index contributed by atoms with van der Waals surface area (Å²) in [6, 6.07) is 26.1. The summed E-state index contributed by atoms with van der Waals surface area (Å²) in [5.74, 6) is 0. The topological polar surface area (TPSA) is 0 Å². The van der Waals surface area contributed by atoms with Crippen LogP contribution < -0.4 is 0 Å². The van der Waals surface area contributed by atoms with E-state index >= 15 is 0 Å². The van der Waals surface area contributed by atoms with Crippen molar-refractivity contribution in [2.24, 2.45) is 0 Å². The zero-order chi connectivity index (χ0) is 24.1. The Morgan fingerprint density at radius 2 is 1.32 bits per heavy atom. The highest BCUT2D eigenvalue weighted by molar-refractivity contribution is 6.11. The zero-order valence-electron chi connectivity index (χ0n) is 20.0. The van der Waals surface area contributed by atoms with Crippen molar-refractivity contribution in [2.45, 2.75) is 13.8 Å². The van der Waals surface area contributed by atoms with Crippen LogP contribution in [0.2, 0.25) is 0 Å². The normalized spacial score (nSPS) is 11.6. The van der Waals surface area contributed by atoms with Gasteiger partial charge in [0.2, 0.25) is 0 Å².